The molecule has 0 radical (unpaired) electrons. The van der Waals surface area contributed by atoms with Crippen LogP contribution in [0.15, 0.2) is 24.3 Å². The number of aromatic nitrogens is 1. The third-order valence-corrected chi connectivity index (χ3v) is 4.21. The van der Waals surface area contributed by atoms with Gasteiger partial charge in [-0.25, -0.2) is 4.98 Å². The van der Waals surface area contributed by atoms with Crippen molar-refractivity contribution < 1.29 is 4.74 Å². The van der Waals surface area contributed by atoms with Crippen LogP contribution >= 0.6 is 22.9 Å². The van der Waals surface area contributed by atoms with Gasteiger partial charge in [0.05, 0.1) is 22.3 Å². The fourth-order valence-electron chi connectivity index (χ4n) is 1.73. The highest BCUT2D eigenvalue weighted by Crippen LogP contribution is 2.24. The highest BCUT2D eigenvalue weighted by Gasteiger charge is 2.07. The van der Waals surface area contributed by atoms with Crippen LogP contribution < -0.4 is 10.1 Å². The third-order valence-electron chi connectivity index (χ3n) is 2.68. The Morgan fingerprint density at radius 1 is 1.37 bits per heavy atom. The van der Waals surface area contributed by atoms with Crippen molar-refractivity contribution in [2.24, 2.45) is 0 Å². The smallest absolute Gasteiger partial charge is 0.137 e. The Morgan fingerprint density at radius 2 is 2.16 bits per heavy atom. The molecule has 0 saturated carbocycles. The van der Waals surface area contributed by atoms with Gasteiger partial charge in [0, 0.05) is 17.8 Å². The first-order chi connectivity index (χ1) is 9.20. The molecule has 3 nitrogen and oxygen atoms in total. The second kappa shape index (κ2) is 6.89. The Labute approximate surface area is 122 Å². The average Bonchev–Trinajstić information content (AvgIpc) is 2.73. The summed E-state index contributed by atoms with van der Waals surface area (Å²) in [4.78, 5) is 5.84. The quantitative estimate of drug-likeness (QED) is 0.886. The van der Waals surface area contributed by atoms with Gasteiger partial charge in [-0.1, -0.05) is 23.7 Å². The van der Waals surface area contributed by atoms with Crippen LogP contribution in [0.5, 0.6) is 5.75 Å². The first-order valence-electron chi connectivity index (χ1n) is 6.18. The molecule has 0 fully saturated rings. The largest absolute Gasteiger partial charge is 0.492 e. The van der Waals surface area contributed by atoms with E-state index in [1.54, 1.807) is 11.3 Å². The Hall–Kier alpha value is -1.10. The number of hydrogen-bond donors (Lipinski definition) is 1. The summed E-state index contributed by atoms with van der Waals surface area (Å²) in [5, 5.41) is 4.90. The fraction of sp³-hybridized carbons (Fsp3) is 0.357. The maximum atomic E-state index is 6.03. The Kier molecular flexibility index (Phi) is 5.19. The van der Waals surface area contributed by atoms with Crippen molar-refractivity contribution in [1.29, 1.82) is 0 Å². The standard InChI is InChI=1S/C14H17ClN2OS/c1-10-13(9-16-2)19-14(17-10)7-8-18-12-6-4-3-5-11(12)15/h3-6,16H,7-9H2,1-2H3. The van der Waals surface area contributed by atoms with Gasteiger partial charge < -0.3 is 10.1 Å². The molecular weight excluding hydrogens is 280 g/mol. The summed E-state index contributed by atoms with van der Waals surface area (Å²) in [5.41, 5.74) is 1.10. The van der Waals surface area contributed by atoms with E-state index in [4.69, 9.17) is 16.3 Å². The molecule has 1 aromatic heterocycles. The van der Waals surface area contributed by atoms with Gasteiger partial charge >= 0.3 is 0 Å². The van der Waals surface area contributed by atoms with Crippen molar-refractivity contribution in [2.75, 3.05) is 13.7 Å². The molecule has 0 bridgehead atoms. The lowest BCUT2D eigenvalue weighted by Crippen LogP contribution is -2.04. The number of rotatable bonds is 6. The maximum Gasteiger partial charge on any atom is 0.137 e. The molecule has 0 atom stereocenters. The van der Waals surface area contributed by atoms with E-state index in [0.29, 0.717) is 11.6 Å². The predicted molar refractivity (Wildman–Crippen MR) is 80.3 cm³/mol. The van der Waals surface area contributed by atoms with Crippen LogP contribution in [0.3, 0.4) is 0 Å². The zero-order valence-corrected chi connectivity index (χ0v) is 12.6. The number of ether oxygens (including phenoxy) is 1. The molecule has 5 heteroatoms. The van der Waals surface area contributed by atoms with Gasteiger partial charge in [-0.3, -0.25) is 0 Å². The number of nitrogens with one attached hydrogen (secondary N) is 1. The SMILES string of the molecule is CNCc1sc(CCOc2ccccc2Cl)nc1C. The lowest BCUT2D eigenvalue weighted by atomic mass is 10.3. The molecular formula is C14H17ClN2OS. The number of para-hydroxylation sites is 1. The molecule has 0 aliphatic heterocycles. The lowest BCUT2D eigenvalue weighted by molar-refractivity contribution is 0.322. The first kappa shape index (κ1) is 14.3. The van der Waals surface area contributed by atoms with Gasteiger partial charge in [0.1, 0.15) is 5.75 Å². The van der Waals surface area contributed by atoms with Crippen molar-refractivity contribution in [2.45, 2.75) is 19.9 Å². The van der Waals surface area contributed by atoms with E-state index in [-0.39, 0.29) is 0 Å². The molecule has 1 N–H and O–H groups in total. The van der Waals surface area contributed by atoms with Crippen molar-refractivity contribution >= 4 is 22.9 Å². The monoisotopic (exact) mass is 296 g/mol. The molecule has 0 spiro atoms. The van der Waals surface area contributed by atoms with Crippen LogP contribution in [-0.4, -0.2) is 18.6 Å². The second-order valence-corrected chi connectivity index (χ2v) is 5.75. The molecule has 0 saturated heterocycles. The number of hydrogen-bond acceptors (Lipinski definition) is 4. The summed E-state index contributed by atoms with van der Waals surface area (Å²) in [6, 6.07) is 7.51. The summed E-state index contributed by atoms with van der Waals surface area (Å²) >= 11 is 7.77. The van der Waals surface area contributed by atoms with Crippen LogP contribution in [0, 0.1) is 6.92 Å². The second-order valence-electron chi connectivity index (χ2n) is 4.18. The minimum atomic E-state index is 0.593. The molecule has 0 aliphatic carbocycles. The zero-order valence-electron chi connectivity index (χ0n) is 11.1. The molecule has 0 unspecified atom stereocenters. The number of halogens is 1. The van der Waals surface area contributed by atoms with Crippen LogP contribution in [0.4, 0.5) is 0 Å². The van der Waals surface area contributed by atoms with Crippen LogP contribution in [0.25, 0.3) is 0 Å². The molecule has 2 rings (SSSR count). The summed E-state index contributed by atoms with van der Waals surface area (Å²) in [7, 11) is 1.94. The normalized spacial score (nSPS) is 10.7. The van der Waals surface area contributed by atoms with Gasteiger partial charge in [-0.05, 0) is 26.1 Å². The molecule has 0 amide bonds. The highest BCUT2D eigenvalue weighted by atomic mass is 35.5. The fourth-order valence-corrected chi connectivity index (χ4v) is 2.98. The molecule has 1 heterocycles. The molecule has 1 aromatic carbocycles. The van der Waals surface area contributed by atoms with Gasteiger partial charge in [-0.15, -0.1) is 11.3 Å². The third kappa shape index (κ3) is 3.93. The molecule has 102 valence electrons. The number of benzene rings is 1. The van der Waals surface area contributed by atoms with E-state index in [1.165, 1.54) is 4.88 Å². The maximum absolute atomic E-state index is 6.03. The van der Waals surface area contributed by atoms with Gasteiger partial charge in [0.2, 0.25) is 0 Å². The lowest BCUT2D eigenvalue weighted by Gasteiger charge is -2.06. The first-order valence-corrected chi connectivity index (χ1v) is 7.37. The van der Waals surface area contributed by atoms with Crippen molar-refractivity contribution in [3.8, 4) is 5.75 Å². The number of nitrogens with zero attached hydrogens (tertiary/aromatic N) is 1. The molecule has 0 aliphatic rings. The highest BCUT2D eigenvalue weighted by molar-refractivity contribution is 7.11. The van der Waals surface area contributed by atoms with Crippen molar-refractivity contribution in [3.05, 3.63) is 44.9 Å². The van der Waals surface area contributed by atoms with E-state index >= 15 is 0 Å². The Morgan fingerprint density at radius 3 is 2.89 bits per heavy atom. The van der Waals surface area contributed by atoms with E-state index in [0.717, 1.165) is 29.4 Å². The number of thiazole rings is 1. The van der Waals surface area contributed by atoms with Crippen LogP contribution in [0.2, 0.25) is 5.02 Å². The van der Waals surface area contributed by atoms with Crippen LogP contribution in [0.1, 0.15) is 15.6 Å². The topological polar surface area (TPSA) is 34.1 Å². The van der Waals surface area contributed by atoms with Crippen molar-refractivity contribution in [1.82, 2.24) is 10.3 Å². The average molecular weight is 297 g/mol. The van der Waals surface area contributed by atoms with E-state index < -0.39 is 0 Å². The Balaban J connectivity index is 1.89. The van der Waals surface area contributed by atoms with E-state index in [9.17, 15) is 0 Å². The predicted octanol–water partition coefficient (Wildman–Crippen LogP) is 3.45. The minimum Gasteiger partial charge on any atom is -0.492 e. The molecule has 2 aromatic rings. The van der Waals surface area contributed by atoms with Gasteiger partial charge in [0.25, 0.3) is 0 Å². The zero-order chi connectivity index (χ0) is 13.7. The van der Waals surface area contributed by atoms with E-state index in [2.05, 4.69) is 10.3 Å². The summed E-state index contributed by atoms with van der Waals surface area (Å²) in [5.74, 6) is 0.730. The summed E-state index contributed by atoms with van der Waals surface area (Å²) in [6.45, 7) is 3.51. The van der Waals surface area contributed by atoms with E-state index in [1.807, 2.05) is 38.2 Å². The molecule has 19 heavy (non-hydrogen) atoms. The Bertz CT molecular complexity index is 542. The minimum absolute atomic E-state index is 0.593. The van der Waals surface area contributed by atoms with Crippen molar-refractivity contribution in [3.63, 3.8) is 0 Å². The summed E-state index contributed by atoms with van der Waals surface area (Å²) in [6.07, 6.45) is 0.806. The summed E-state index contributed by atoms with van der Waals surface area (Å²) < 4.78 is 5.67. The van der Waals surface area contributed by atoms with Gasteiger partial charge in [-0.2, -0.15) is 0 Å². The number of aryl methyl sites for hydroxylation is 1. The van der Waals surface area contributed by atoms with Crippen LogP contribution in [-0.2, 0) is 13.0 Å². The van der Waals surface area contributed by atoms with Gasteiger partial charge in [0.15, 0.2) is 0 Å².